The Morgan fingerprint density at radius 3 is 1.10 bits per heavy atom. The molecule has 19 heteroatoms. The van der Waals surface area contributed by atoms with Gasteiger partial charge in [0.2, 0.25) is 21.7 Å². The van der Waals surface area contributed by atoms with E-state index in [0.29, 0.717) is 0 Å². The molecule has 2 aromatic carbocycles. The number of nitrogens with one attached hydrogen (secondary N) is 2. The number of aliphatic carboxylic acids is 2. The number of carboxylic acid groups (broad SMARTS) is 2. The molecule has 6 N–H and O–H groups in total. The van der Waals surface area contributed by atoms with Gasteiger partial charge in [-0.05, 0) is 48.5 Å². The van der Waals surface area contributed by atoms with E-state index in [9.17, 15) is 44.4 Å². The van der Waals surface area contributed by atoms with Crippen molar-refractivity contribution in [2.75, 3.05) is 10.6 Å². The van der Waals surface area contributed by atoms with Crippen LogP contribution in [-0.2, 0) is 49.3 Å². The first kappa shape index (κ1) is 31.3. The standard InChI is InChI=1S/C20H20N2O14S3/c23-17(9-15(19(25)26)38(31,32)33)21-11-1-5-13(6-2-11)37(29,30)14-7-3-12(4-8-14)22-18(24)10-16(20(27)28)39(34,35)36/h1-8,15-16H,9-10H2,(H,21,23)(H,22,24)(H,25,26)(H,27,28)(H,31,32,33)(H,34,35,36)/t15-,16-/m1/s1. The number of amides is 2. The van der Waals surface area contributed by atoms with Crippen molar-refractivity contribution in [2.24, 2.45) is 0 Å². The molecule has 0 radical (unpaired) electrons. The van der Waals surface area contributed by atoms with Crippen LogP contribution in [0.3, 0.4) is 0 Å². The summed E-state index contributed by atoms with van der Waals surface area (Å²) in [5.41, 5.74) is -0.0258. The van der Waals surface area contributed by atoms with Crippen LogP contribution < -0.4 is 10.6 Å². The average molecular weight is 609 g/mol. The Labute approximate surface area is 221 Å². The summed E-state index contributed by atoms with van der Waals surface area (Å²) in [4.78, 5) is 45.3. The first-order valence-corrected chi connectivity index (χ1v) is 14.7. The van der Waals surface area contributed by atoms with E-state index in [4.69, 9.17) is 19.3 Å². The van der Waals surface area contributed by atoms with Crippen molar-refractivity contribution in [1.82, 2.24) is 0 Å². The summed E-state index contributed by atoms with van der Waals surface area (Å²) in [7, 11) is -14.2. The molecule has 212 valence electrons. The zero-order valence-electron chi connectivity index (χ0n) is 19.3. The maximum Gasteiger partial charge on any atom is 0.324 e. The lowest BCUT2D eigenvalue weighted by atomic mass is 10.2. The summed E-state index contributed by atoms with van der Waals surface area (Å²) in [5, 5.41) is 17.2. The molecule has 0 aromatic heterocycles. The maximum atomic E-state index is 12.9. The highest BCUT2D eigenvalue weighted by Gasteiger charge is 2.34. The SMILES string of the molecule is O=C(C[C@H](C(=O)O)S(=O)(=O)O)Nc1ccc(S(=O)(=O)c2ccc(NC(=O)C[C@H](C(=O)O)S(=O)(=O)O)cc2)cc1. The predicted octanol–water partition coefficient (Wildman–Crippen LogP) is -0.141. The summed E-state index contributed by atoms with van der Waals surface area (Å²) in [6.45, 7) is 0. The highest BCUT2D eigenvalue weighted by atomic mass is 32.2. The molecule has 39 heavy (non-hydrogen) atoms. The number of hydrogen-bond acceptors (Lipinski definition) is 10. The second kappa shape index (κ2) is 11.9. The van der Waals surface area contributed by atoms with Gasteiger partial charge >= 0.3 is 11.9 Å². The lowest BCUT2D eigenvalue weighted by Gasteiger charge is -2.11. The van der Waals surface area contributed by atoms with Crippen molar-refractivity contribution in [3.05, 3.63) is 48.5 Å². The van der Waals surface area contributed by atoms with Gasteiger partial charge in [-0.3, -0.25) is 28.3 Å². The molecular weight excluding hydrogens is 588 g/mol. The molecule has 2 rings (SSSR count). The van der Waals surface area contributed by atoms with Crippen LogP contribution in [0.15, 0.2) is 58.3 Å². The van der Waals surface area contributed by atoms with E-state index in [1.54, 1.807) is 0 Å². The Balaban J connectivity index is 2.11. The molecule has 0 heterocycles. The van der Waals surface area contributed by atoms with Crippen molar-refractivity contribution in [3.63, 3.8) is 0 Å². The molecule has 0 fully saturated rings. The highest BCUT2D eigenvalue weighted by molar-refractivity contribution is 7.91. The van der Waals surface area contributed by atoms with Crippen LogP contribution in [0.2, 0.25) is 0 Å². The first-order valence-electron chi connectivity index (χ1n) is 10.3. The minimum atomic E-state index is -5.05. The van der Waals surface area contributed by atoms with Gasteiger partial charge < -0.3 is 20.8 Å². The molecule has 0 aliphatic carbocycles. The van der Waals surface area contributed by atoms with Gasteiger partial charge in [-0.1, -0.05) is 0 Å². The molecule has 2 aromatic rings. The number of benzene rings is 2. The summed E-state index contributed by atoms with van der Waals surface area (Å²) >= 11 is 0. The van der Waals surface area contributed by atoms with Gasteiger partial charge in [0.1, 0.15) is 0 Å². The molecular formula is C20H20N2O14S3. The fraction of sp³-hybridized carbons (Fsp3) is 0.200. The summed E-state index contributed by atoms with van der Waals surface area (Å²) in [5.74, 6) is -6.05. The fourth-order valence-corrected chi connectivity index (χ4v) is 5.47. The smallest absolute Gasteiger partial charge is 0.324 e. The van der Waals surface area contributed by atoms with Crippen LogP contribution in [-0.4, -0.2) is 78.8 Å². The highest BCUT2D eigenvalue weighted by Crippen LogP contribution is 2.24. The number of sulfone groups is 1. The molecule has 2 amide bonds. The minimum Gasteiger partial charge on any atom is -0.480 e. The molecule has 2 atom stereocenters. The van der Waals surface area contributed by atoms with E-state index < -0.39 is 77.2 Å². The lowest BCUT2D eigenvalue weighted by Crippen LogP contribution is -2.33. The molecule has 16 nitrogen and oxygen atoms in total. The Hall–Kier alpha value is -3.91. The van der Waals surface area contributed by atoms with Crippen LogP contribution in [0.1, 0.15) is 12.8 Å². The molecule has 0 bridgehead atoms. The third-order valence-electron chi connectivity index (χ3n) is 4.91. The minimum absolute atomic E-state index is 0.0129. The molecule has 0 unspecified atom stereocenters. The lowest BCUT2D eigenvalue weighted by molar-refractivity contribution is -0.138. The third-order valence-corrected chi connectivity index (χ3v) is 8.87. The number of anilines is 2. The van der Waals surface area contributed by atoms with E-state index in [0.717, 1.165) is 48.5 Å². The topological polar surface area (TPSA) is 276 Å². The number of carboxylic acids is 2. The zero-order valence-corrected chi connectivity index (χ0v) is 21.7. The van der Waals surface area contributed by atoms with Gasteiger partial charge in [0.25, 0.3) is 20.2 Å². The molecule has 0 saturated heterocycles. The monoisotopic (exact) mass is 608 g/mol. The van der Waals surface area contributed by atoms with E-state index in [2.05, 4.69) is 10.6 Å². The quantitative estimate of drug-likeness (QED) is 0.171. The van der Waals surface area contributed by atoms with Gasteiger partial charge in [-0.25, -0.2) is 8.42 Å². The number of hydrogen-bond donors (Lipinski definition) is 6. The summed E-state index contributed by atoms with van der Waals surface area (Å²) in [6, 6.07) is 8.87. The molecule has 0 spiro atoms. The number of carbonyl (C=O) groups excluding carboxylic acids is 2. The van der Waals surface area contributed by atoms with Crippen molar-refractivity contribution < 1.29 is 63.8 Å². The van der Waals surface area contributed by atoms with Crippen LogP contribution in [0.4, 0.5) is 11.4 Å². The van der Waals surface area contributed by atoms with Crippen LogP contribution in [0.5, 0.6) is 0 Å². The van der Waals surface area contributed by atoms with E-state index in [1.165, 1.54) is 0 Å². The number of rotatable bonds is 12. The van der Waals surface area contributed by atoms with Crippen LogP contribution >= 0.6 is 0 Å². The van der Waals surface area contributed by atoms with Gasteiger partial charge in [0.05, 0.1) is 22.6 Å². The van der Waals surface area contributed by atoms with Crippen molar-refractivity contribution in [3.8, 4) is 0 Å². The van der Waals surface area contributed by atoms with E-state index >= 15 is 0 Å². The van der Waals surface area contributed by atoms with Crippen molar-refractivity contribution in [1.29, 1.82) is 0 Å². The maximum absolute atomic E-state index is 12.9. The second-order valence-corrected chi connectivity index (χ2v) is 12.9. The van der Waals surface area contributed by atoms with Gasteiger partial charge in [0.15, 0.2) is 10.5 Å². The predicted molar refractivity (Wildman–Crippen MR) is 131 cm³/mol. The average Bonchev–Trinajstić information content (AvgIpc) is 2.80. The zero-order chi connectivity index (χ0) is 29.8. The van der Waals surface area contributed by atoms with E-state index in [-0.39, 0.29) is 21.2 Å². The van der Waals surface area contributed by atoms with Crippen LogP contribution in [0, 0.1) is 0 Å². The van der Waals surface area contributed by atoms with Gasteiger partial charge in [-0.15, -0.1) is 0 Å². The molecule has 0 aliphatic heterocycles. The van der Waals surface area contributed by atoms with Crippen LogP contribution in [0.25, 0.3) is 0 Å². The molecule has 0 aliphatic rings. The largest absolute Gasteiger partial charge is 0.480 e. The summed E-state index contributed by atoms with van der Waals surface area (Å²) in [6.07, 6.45) is -2.21. The van der Waals surface area contributed by atoms with Crippen molar-refractivity contribution >= 4 is 65.2 Å². The van der Waals surface area contributed by atoms with Gasteiger partial charge in [-0.2, -0.15) is 16.8 Å². The Morgan fingerprint density at radius 2 is 0.872 bits per heavy atom. The third kappa shape index (κ3) is 8.55. The Bertz CT molecular complexity index is 1480. The van der Waals surface area contributed by atoms with E-state index in [1.807, 2.05) is 0 Å². The van der Waals surface area contributed by atoms with Crippen molar-refractivity contribution in [2.45, 2.75) is 33.1 Å². The Kier molecular flexibility index (Phi) is 9.52. The fourth-order valence-electron chi connectivity index (χ4n) is 2.97. The molecule has 0 saturated carbocycles. The normalized spacial score (nSPS) is 13.6. The first-order chi connectivity index (χ1) is 17.8. The summed E-state index contributed by atoms with van der Waals surface area (Å²) < 4.78 is 87.9. The number of carbonyl (C=O) groups is 4. The second-order valence-electron chi connectivity index (χ2n) is 7.74. The van der Waals surface area contributed by atoms with Gasteiger partial charge in [0, 0.05) is 11.4 Å². The Morgan fingerprint density at radius 1 is 0.590 bits per heavy atom.